The van der Waals surface area contributed by atoms with Crippen molar-refractivity contribution in [3.63, 3.8) is 0 Å². The van der Waals surface area contributed by atoms with Crippen molar-refractivity contribution in [1.29, 1.82) is 0 Å². The third-order valence-electron chi connectivity index (χ3n) is 2.66. The van der Waals surface area contributed by atoms with Gasteiger partial charge in [-0.2, -0.15) is 0 Å². The lowest BCUT2D eigenvalue weighted by Gasteiger charge is -2.10. The summed E-state index contributed by atoms with van der Waals surface area (Å²) in [5.74, 6) is -0.0165. The van der Waals surface area contributed by atoms with Crippen LogP contribution in [0.15, 0.2) is 0 Å². The molecule has 0 aromatic rings. The van der Waals surface area contributed by atoms with Crippen LogP contribution in [0.4, 0.5) is 0 Å². The molecule has 0 unspecified atom stereocenters. The van der Waals surface area contributed by atoms with E-state index in [9.17, 15) is 4.79 Å². The average molecular weight is 334 g/mol. The third-order valence-corrected chi connectivity index (χ3v) is 2.66. The molecule has 0 saturated carbocycles. The van der Waals surface area contributed by atoms with Gasteiger partial charge in [0.1, 0.15) is 0 Å². The molecule has 2 N–H and O–H groups in total. The molecule has 0 spiro atoms. The maximum absolute atomic E-state index is 11.4. The van der Waals surface area contributed by atoms with Crippen molar-refractivity contribution in [3.8, 4) is 0 Å². The molecule has 0 aromatic carbocycles. The fourth-order valence-corrected chi connectivity index (χ4v) is 1.51. The van der Waals surface area contributed by atoms with Gasteiger partial charge < -0.3 is 29.6 Å². The van der Waals surface area contributed by atoms with Crippen LogP contribution in [0.2, 0.25) is 0 Å². The van der Waals surface area contributed by atoms with Gasteiger partial charge in [0, 0.05) is 12.6 Å². The highest BCUT2D eigenvalue weighted by Crippen LogP contribution is 1.87. The Labute approximate surface area is 140 Å². The zero-order valence-corrected chi connectivity index (χ0v) is 15.1. The minimum Gasteiger partial charge on any atom is -0.377 e. The summed E-state index contributed by atoms with van der Waals surface area (Å²) in [6.07, 6.45) is 0.239. The quantitative estimate of drug-likeness (QED) is 0.402. The van der Waals surface area contributed by atoms with Crippen molar-refractivity contribution in [3.05, 3.63) is 0 Å². The van der Waals surface area contributed by atoms with Gasteiger partial charge in [0.25, 0.3) is 0 Å². The maximum atomic E-state index is 11.4. The molecular formula is C16H34N2O5. The molecular weight excluding hydrogens is 300 g/mol. The Morgan fingerprint density at radius 2 is 1.35 bits per heavy atom. The van der Waals surface area contributed by atoms with Crippen molar-refractivity contribution >= 4 is 5.91 Å². The SMILES string of the molecule is CC(C)NCC(=O)NCCOCCOCCOCCOC(C)C. The molecule has 0 bridgehead atoms. The number of amides is 1. The van der Waals surface area contributed by atoms with E-state index in [2.05, 4.69) is 10.6 Å². The second-order valence-corrected chi connectivity index (χ2v) is 5.64. The first-order valence-electron chi connectivity index (χ1n) is 8.37. The predicted molar refractivity (Wildman–Crippen MR) is 89.7 cm³/mol. The third kappa shape index (κ3) is 19.2. The van der Waals surface area contributed by atoms with E-state index in [4.69, 9.17) is 18.9 Å². The molecule has 0 fully saturated rings. The lowest BCUT2D eigenvalue weighted by Crippen LogP contribution is -2.38. The van der Waals surface area contributed by atoms with Gasteiger partial charge in [-0.05, 0) is 13.8 Å². The number of carbonyl (C=O) groups is 1. The Morgan fingerprint density at radius 3 is 1.87 bits per heavy atom. The number of ether oxygens (including phenoxy) is 4. The van der Waals surface area contributed by atoms with Gasteiger partial charge in [-0.1, -0.05) is 13.8 Å². The molecule has 7 nitrogen and oxygen atoms in total. The van der Waals surface area contributed by atoms with E-state index in [-0.39, 0.29) is 12.0 Å². The monoisotopic (exact) mass is 334 g/mol. The minimum absolute atomic E-state index is 0.0165. The standard InChI is InChI=1S/C16H34N2O5/c1-14(2)18-13-16(19)17-5-6-20-7-8-21-9-10-22-11-12-23-15(3)4/h14-15,18H,5-13H2,1-4H3,(H,17,19). The van der Waals surface area contributed by atoms with Crippen LogP contribution in [0, 0.1) is 0 Å². The van der Waals surface area contributed by atoms with Gasteiger partial charge in [0.2, 0.25) is 5.91 Å². The molecule has 7 heteroatoms. The molecule has 0 atom stereocenters. The van der Waals surface area contributed by atoms with Crippen LogP contribution in [0.3, 0.4) is 0 Å². The van der Waals surface area contributed by atoms with Crippen molar-refractivity contribution < 1.29 is 23.7 Å². The van der Waals surface area contributed by atoms with Gasteiger partial charge in [-0.3, -0.25) is 4.79 Å². The Hall–Kier alpha value is -0.730. The summed E-state index contributed by atoms with van der Waals surface area (Å²) in [5.41, 5.74) is 0. The second kappa shape index (κ2) is 16.1. The van der Waals surface area contributed by atoms with E-state index in [1.165, 1.54) is 0 Å². The molecule has 0 saturated heterocycles. The van der Waals surface area contributed by atoms with Gasteiger partial charge in [0.05, 0.1) is 58.9 Å². The fraction of sp³-hybridized carbons (Fsp3) is 0.938. The minimum atomic E-state index is -0.0165. The van der Waals surface area contributed by atoms with Crippen LogP contribution in [0.1, 0.15) is 27.7 Å². The number of nitrogens with one attached hydrogen (secondary N) is 2. The lowest BCUT2D eigenvalue weighted by atomic mass is 10.4. The van der Waals surface area contributed by atoms with E-state index in [0.29, 0.717) is 65.4 Å². The van der Waals surface area contributed by atoms with Crippen LogP contribution in [0.5, 0.6) is 0 Å². The highest BCUT2D eigenvalue weighted by Gasteiger charge is 2.01. The molecule has 138 valence electrons. The topological polar surface area (TPSA) is 78.1 Å². The summed E-state index contributed by atoms with van der Waals surface area (Å²) >= 11 is 0. The molecule has 0 radical (unpaired) electrons. The van der Waals surface area contributed by atoms with Crippen LogP contribution in [0.25, 0.3) is 0 Å². The van der Waals surface area contributed by atoms with E-state index in [1.54, 1.807) is 0 Å². The summed E-state index contributed by atoms with van der Waals surface area (Å²) in [4.78, 5) is 11.4. The van der Waals surface area contributed by atoms with Crippen molar-refractivity contribution in [2.24, 2.45) is 0 Å². The van der Waals surface area contributed by atoms with Gasteiger partial charge in [-0.25, -0.2) is 0 Å². The zero-order valence-electron chi connectivity index (χ0n) is 15.1. The summed E-state index contributed by atoms with van der Waals surface area (Å²) in [7, 11) is 0. The van der Waals surface area contributed by atoms with Crippen molar-refractivity contribution in [2.75, 3.05) is 59.3 Å². The molecule has 0 rings (SSSR count). The summed E-state index contributed by atoms with van der Waals surface area (Å²) < 4.78 is 21.4. The number of hydrogen-bond acceptors (Lipinski definition) is 6. The van der Waals surface area contributed by atoms with Crippen LogP contribution >= 0.6 is 0 Å². The van der Waals surface area contributed by atoms with Gasteiger partial charge in [0.15, 0.2) is 0 Å². The molecule has 0 aliphatic heterocycles. The van der Waals surface area contributed by atoms with E-state index in [1.807, 2.05) is 27.7 Å². The number of rotatable bonds is 16. The summed E-state index contributed by atoms with van der Waals surface area (Å²) in [6, 6.07) is 0.306. The second-order valence-electron chi connectivity index (χ2n) is 5.64. The van der Waals surface area contributed by atoms with E-state index in [0.717, 1.165) is 0 Å². The fourth-order valence-electron chi connectivity index (χ4n) is 1.51. The lowest BCUT2D eigenvalue weighted by molar-refractivity contribution is -0.120. The Morgan fingerprint density at radius 1 is 0.826 bits per heavy atom. The van der Waals surface area contributed by atoms with Crippen molar-refractivity contribution in [2.45, 2.75) is 39.8 Å². The maximum Gasteiger partial charge on any atom is 0.234 e. The first-order valence-corrected chi connectivity index (χ1v) is 8.37. The first kappa shape index (κ1) is 22.3. The highest BCUT2D eigenvalue weighted by atomic mass is 16.6. The van der Waals surface area contributed by atoms with Crippen molar-refractivity contribution in [1.82, 2.24) is 10.6 Å². The first-order chi connectivity index (χ1) is 11.0. The normalized spacial score (nSPS) is 11.4. The molecule has 0 heterocycles. The Balaban J connectivity index is 3.12. The van der Waals surface area contributed by atoms with Gasteiger partial charge >= 0.3 is 0 Å². The highest BCUT2D eigenvalue weighted by molar-refractivity contribution is 5.77. The molecule has 0 aliphatic rings. The number of carbonyl (C=O) groups excluding carboxylic acids is 1. The van der Waals surface area contributed by atoms with Crippen LogP contribution < -0.4 is 10.6 Å². The average Bonchev–Trinajstić information content (AvgIpc) is 2.49. The molecule has 1 amide bonds. The molecule has 23 heavy (non-hydrogen) atoms. The summed E-state index contributed by atoms with van der Waals surface area (Å²) in [6.45, 7) is 12.7. The van der Waals surface area contributed by atoms with E-state index < -0.39 is 0 Å². The number of hydrogen-bond donors (Lipinski definition) is 2. The Kier molecular flexibility index (Phi) is 15.6. The van der Waals surface area contributed by atoms with E-state index >= 15 is 0 Å². The summed E-state index contributed by atoms with van der Waals surface area (Å²) in [5, 5.41) is 5.83. The van der Waals surface area contributed by atoms with Crippen LogP contribution in [-0.4, -0.2) is 77.4 Å². The van der Waals surface area contributed by atoms with Crippen LogP contribution in [-0.2, 0) is 23.7 Å². The van der Waals surface area contributed by atoms with Gasteiger partial charge in [-0.15, -0.1) is 0 Å². The zero-order chi connectivity index (χ0) is 17.3. The predicted octanol–water partition coefficient (Wildman–Crippen LogP) is 0.575. The molecule has 0 aliphatic carbocycles. The Bertz CT molecular complexity index is 275. The smallest absolute Gasteiger partial charge is 0.234 e. The largest absolute Gasteiger partial charge is 0.377 e. The molecule has 0 aromatic heterocycles.